The quantitative estimate of drug-likeness (QED) is 0.408. The van der Waals surface area contributed by atoms with Crippen molar-refractivity contribution in [1.29, 1.82) is 0 Å². The highest BCUT2D eigenvalue weighted by Crippen LogP contribution is 2.28. The van der Waals surface area contributed by atoms with E-state index in [-0.39, 0.29) is 16.3 Å². The number of benzene rings is 1. The molecule has 2 rings (SSSR count). The molecule has 0 saturated heterocycles. The fourth-order valence-electron chi connectivity index (χ4n) is 1.96. The van der Waals surface area contributed by atoms with Crippen LogP contribution in [0.2, 0.25) is 0 Å². The van der Waals surface area contributed by atoms with Gasteiger partial charge in [-0.2, -0.15) is 0 Å². The fraction of sp³-hybridized carbons (Fsp3) is 0.455. The maximum absolute atomic E-state index is 12.1. The van der Waals surface area contributed by atoms with Crippen LogP contribution in [-0.4, -0.2) is 19.9 Å². The number of nitrogen functional groups attached to an aromatic ring is 1. The van der Waals surface area contributed by atoms with Gasteiger partial charge >= 0.3 is 0 Å². The molecule has 1 aromatic rings. The molecule has 1 aliphatic rings. The number of hydrogen-bond donors (Lipinski definition) is 3. The normalized spacial score (nSPS) is 15.7. The average Bonchev–Trinajstić information content (AvgIpc) is 2.35. The van der Waals surface area contributed by atoms with Gasteiger partial charge < -0.3 is 5.43 Å². The second-order valence-corrected chi connectivity index (χ2v) is 6.50. The third-order valence-corrected chi connectivity index (χ3v) is 4.84. The summed E-state index contributed by atoms with van der Waals surface area (Å²) in [5.74, 6) is 5.52. The first-order valence-corrected chi connectivity index (χ1v) is 7.67. The Bertz CT molecular complexity index is 613. The van der Waals surface area contributed by atoms with Crippen molar-refractivity contribution in [3.63, 3.8) is 0 Å². The smallest absolute Gasteiger partial charge is 0.294 e. The number of hydrogen-bond acceptors (Lipinski definition) is 6. The average molecular weight is 300 g/mol. The molecule has 9 heteroatoms. The largest absolute Gasteiger partial charge is 0.318 e. The summed E-state index contributed by atoms with van der Waals surface area (Å²) in [6.45, 7) is 0.368. The molecule has 0 amide bonds. The van der Waals surface area contributed by atoms with Gasteiger partial charge in [-0.05, 0) is 30.9 Å². The van der Waals surface area contributed by atoms with Gasteiger partial charge in [0.05, 0.1) is 9.82 Å². The topological polar surface area (TPSA) is 127 Å². The molecule has 110 valence electrons. The zero-order valence-electron chi connectivity index (χ0n) is 10.7. The number of nitrogens with one attached hydrogen (secondary N) is 2. The van der Waals surface area contributed by atoms with E-state index in [1.54, 1.807) is 0 Å². The summed E-state index contributed by atoms with van der Waals surface area (Å²) in [6, 6.07) is 3.56. The lowest BCUT2D eigenvalue weighted by Crippen LogP contribution is -2.32. The van der Waals surface area contributed by atoms with Crippen molar-refractivity contribution in [3.8, 4) is 0 Å². The van der Waals surface area contributed by atoms with Crippen LogP contribution in [0.1, 0.15) is 19.3 Å². The molecule has 1 aliphatic carbocycles. The zero-order chi connectivity index (χ0) is 14.8. The number of hydrazine groups is 1. The van der Waals surface area contributed by atoms with Gasteiger partial charge in [-0.15, -0.1) is 0 Å². The third kappa shape index (κ3) is 3.06. The molecular weight excluding hydrogens is 284 g/mol. The number of rotatable bonds is 6. The minimum Gasteiger partial charge on any atom is -0.318 e. The van der Waals surface area contributed by atoms with Crippen LogP contribution in [0.25, 0.3) is 0 Å². The molecule has 1 fully saturated rings. The molecular formula is C11H16N4O4S. The molecule has 0 radical (unpaired) electrons. The van der Waals surface area contributed by atoms with E-state index in [1.807, 2.05) is 0 Å². The molecule has 0 aliphatic heterocycles. The van der Waals surface area contributed by atoms with Crippen molar-refractivity contribution in [1.82, 2.24) is 4.72 Å². The lowest BCUT2D eigenvalue weighted by molar-refractivity contribution is -0.384. The molecule has 0 atom stereocenters. The lowest BCUT2D eigenvalue weighted by atomic mass is 9.86. The van der Waals surface area contributed by atoms with Crippen molar-refractivity contribution in [2.24, 2.45) is 11.8 Å². The first kappa shape index (κ1) is 14.7. The van der Waals surface area contributed by atoms with E-state index in [1.165, 1.54) is 12.1 Å². The minimum absolute atomic E-state index is 0.0629. The molecule has 1 aromatic carbocycles. The standard InChI is InChI=1S/C11H16N4O4S/c12-14-10-5-4-9(6-11(10)15(16)17)20(18,19)13-7-8-2-1-3-8/h4-6,8,13-14H,1-3,7,12H2. The van der Waals surface area contributed by atoms with E-state index in [2.05, 4.69) is 10.1 Å². The number of nitro groups is 1. The molecule has 0 bridgehead atoms. The molecule has 8 nitrogen and oxygen atoms in total. The lowest BCUT2D eigenvalue weighted by Gasteiger charge is -2.25. The van der Waals surface area contributed by atoms with E-state index in [9.17, 15) is 18.5 Å². The van der Waals surface area contributed by atoms with Crippen molar-refractivity contribution < 1.29 is 13.3 Å². The number of nitro benzene ring substituents is 1. The summed E-state index contributed by atoms with van der Waals surface area (Å²) in [5, 5.41) is 10.9. The highest BCUT2D eigenvalue weighted by atomic mass is 32.2. The van der Waals surface area contributed by atoms with E-state index in [0.717, 1.165) is 25.3 Å². The molecule has 0 spiro atoms. The zero-order valence-corrected chi connectivity index (χ0v) is 11.5. The van der Waals surface area contributed by atoms with Crippen molar-refractivity contribution in [2.75, 3.05) is 12.0 Å². The number of nitrogens with two attached hydrogens (primary N) is 1. The van der Waals surface area contributed by atoms with E-state index in [4.69, 9.17) is 5.84 Å². The maximum atomic E-state index is 12.1. The van der Waals surface area contributed by atoms with Crippen LogP contribution in [0.4, 0.5) is 11.4 Å². The highest BCUT2D eigenvalue weighted by Gasteiger charge is 2.24. The predicted octanol–water partition coefficient (Wildman–Crippen LogP) is 0.959. The van der Waals surface area contributed by atoms with Gasteiger partial charge in [-0.1, -0.05) is 6.42 Å². The Morgan fingerprint density at radius 2 is 2.10 bits per heavy atom. The Morgan fingerprint density at radius 1 is 1.40 bits per heavy atom. The van der Waals surface area contributed by atoms with Crippen molar-refractivity contribution in [3.05, 3.63) is 28.3 Å². The monoisotopic (exact) mass is 300 g/mol. The summed E-state index contributed by atoms with van der Waals surface area (Å²) in [4.78, 5) is 10.1. The second kappa shape index (κ2) is 5.73. The maximum Gasteiger partial charge on any atom is 0.294 e. The van der Waals surface area contributed by atoms with E-state index in [0.29, 0.717) is 12.5 Å². The summed E-state index contributed by atoms with van der Waals surface area (Å²) in [5.41, 5.74) is 1.85. The molecule has 1 saturated carbocycles. The van der Waals surface area contributed by atoms with Gasteiger partial charge in [0.1, 0.15) is 5.69 Å². The first-order chi connectivity index (χ1) is 9.44. The fourth-order valence-corrected chi connectivity index (χ4v) is 3.10. The third-order valence-electron chi connectivity index (χ3n) is 3.42. The van der Waals surface area contributed by atoms with Crippen LogP contribution in [0, 0.1) is 16.0 Å². The Balaban J connectivity index is 2.22. The van der Waals surface area contributed by atoms with Crippen LogP contribution in [0.15, 0.2) is 23.1 Å². The van der Waals surface area contributed by atoms with Gasteiger partial charge in [-0.3, -0.25) is 16.0 Å². The van der Waals surface area contributed by atoms with Crippen molar-refractivity contribution >= 4 is 21.4 Å². The number of nitrogens with zero attached hydrogens (tertiary/aromatic N) is 1. The second-order valence-electron chi connectivity index (χ2n) is 4.73. The van der Waals surface area contributed by atoms with Crippen LogP contribution in [0.5, 0.6) is 0 Å². The van der Waals surface area contributed by atoms with Crippen LogP contribution < -0.4 is 16.0 Å². The van der Waals surface area contributed by atoms with Gasteiger partial charge in [0.2, 0.25) is 10.0 Å². The van der Waals surface area contributed by atoms with E-state index < -0.39 is 14.9 Å². The Labute approximate surface area is 116 Å². The molecule has 0 heterocycles. The summed E-state index contributed by atoms with van der Waals surface area (Å²) >= 11 is 0. The SMILES string of the molecule is NNc1ccc(S(=O)(=O)NCC2CCC2)cc1[N+](=O)[O-]. The molecule has 20 heavy (non-hydrogen) atoms. The Kier molecular flexibility index (Phi) is 4.21. The Morgan fingerprint density at radius 3 is 2.60 bits per heavy atom. The summed E-state index contributed by atoms with van der Waals surface area (Å²) < 4.78 is 26.6. The van der Waals surface area contributed by atoms with Crippen molar-refractivity contribution in [2.45, 2.75) is 24.2 Å². The van der Waals surface area contributed by atoms with Crippen LogP contribution in [0.3, 0.4) is 0 Å². The molecule has 4 N–H and O–H groups in total. The molecule has 0 aromatic heterocycles. The van der Waals surface area contributed by atoms with Gasteiger partial charge in [0.25, 0.3) is 5.69 Å². The first-order valence-electron chi connectivity index (χ1n) is 6.19. The summed E-state index contributed by atoms with van der Waals surface area (Å²) in [7, 11) is -3.74. The Hall–Kier alpha value is -1.71. The predicted molar refractivity (Wildman–Crippen MR) is 73.4 cm³/mol. The van der Waals surface area contributed by atoms with Gasteiger partial charge in [0, 0.05) is 12.6 Å². The van der Waals surface area contributed by atoms with Gasteiger partial charge in [-0.25, -0.2) is 13.1 Å². The minimum atomic E-state index is -3.74. The summed E-state index contributed by atoms with van der Waals surface area (Å²) in [6.07, 6.45) is 3.14. The van der Waals surface area contributed by atoms with E-state index >= 15 is 0 Å². The number of sulfonamides is 1. The van der Waals surface area contributed by atoms with Gasteiger partial charge in [0.15, 0.2) is 0 Å². The van der Waals surface area contributed by atoms with Crippen LogP contribution in [-0.2, 0) is 10.0 Å². The van der Waals surface area contributed by atoms with Crippen LogP contribution >= 0.6 is 0 Å². The number of anilines is 1. The highest BCUT2D eigenvalue weighted by molar-refractivity contribution is 7.89. The molecule has 0 unspecified atom stereocenters.